The fourth-order valence-electron chi connectivity index (χ4n) is 5.42. The van der Waals surface area contributed by atoms with Crippen LogP contribution in [-0.2, 0) is 0 Å². The van der Waals surface area contributed by atoms with Crippen molar-refractivity contribution in [2.24, 2.45) is 11.1 Å². The van der Waals surface area contributed by atoms with Crippen molar-refractivity contribution in [2.75, 3.05) is 0 Å². The third kappa shape index (κ3) is 4.04. The van der Waals surface area contributed by atoms with Gasteiger partial charge in [0.2, 0.25) is 5.88 Å². The van der Waals surface area contributed by atoms with E-state index in [0.29, 0.717) is 27.9 Å². The summed E-state index contributed by atoms with van der Waals surface area (Å²) < 4.78 is 34.7. The Kier molecular flexibility index (Phi) is 5.36. The molecule has 0 aliphatic heterocycles. The van der Waals surface area contributed by atoms with Crippen LogP contribution in [0.1, 0.15) is 75.2 Å². The normalized spacial score (nSPS) is 24.8. The monoisotopic (exact) mass is 513 g/mol. The Labute approximate surface area is 209 Å². The van der Waals surface area contributed by atoms with E-state index in [9.17, 15) is 18.4 Å². The van der Waals surface area contributed by atoms with Crippen molar-refractivity contribution in [1.29, 1.82) is 0 Å². The van der Waals surface area contributed by atoms with E-state index in [1.54, 1.807) is 6.92 Å². The van der Waals surface area contributed by atoms with Crippen molar-refractivity contribution < 1.29 is 23.1 Å². The number of aromatic nitrogens is 3. The molecule has 3 aliphatic rings. The molecule has 2 aromatic heterocycles. The van der Waals surface area contributed by atoms with Gasteiger partial charge in [0.15, 0.2) is 10.7 Å². The van der Waals surface area contributed by atoms with Gasteiger partial charge < -0.3 is 15.8 Å². The fourth-order valence-corrected chi connectivity index (χ4v) is 6.44. The summed E-state index contributed by atoms with van der Waals surface area (Å²) in [4.78, 5) is 29.6. The second-order valence-electron chi connectivity index (χ2n) is 10.2. The maximum atomic E-state index is 14.2. The molecular weight excluding hydrogens is 488 g/mol. The third-order valence-corrected chi connectivity index (χ3v) is 8.66. The molecule has 2 amide bonds. The number of ether oxygens (including phenoxy) is 1. The van der Waals surface area contributed by atoms with Gasteiger partial charge in [0.1, 0.15) is 22.6 Å². The highest BCUT2D eigenvalue weighted by molar-refractivity contribution is 7.14. The minimum atomic E-state index is -0.750. The van der Waals surface area contributed by atoms with E-state index in [1.165, 1.54) is 28.3 Å². The van der Waals surface area contributed by atoms with Gasteiger partial charge in [-0.15, -0.1) is 11.3 Å². The van der Waals surface area contributed by atoms with E-state index in [2.05, 4.69) is 15.4 Å². The molecule has 2 heterocycles. The number of thiazole rings is 1. The number of carbonyl (C=O) groups excluding carboxylic acids is 2. The van der Waals surface area contributed by atoms with Crippen LogP contribution in [0.3, 0.4) is 0 Å². The summed E-state index contributed by atoms with van der Waals surface area (Å²) in [5, 5.41) is 8.10. The van der Waals surface area contributed by atoms with Gasteiger partial charge in [0.05, 0.1) is 17.5 Å². The fraction of sp³-hybridized carbons (Fsp3) is 0.440. The molecule has 1 spiro atoms. The van der Waals surface area contributed by atoms with Crippen LogP contribution in [0.4, 0.5) is 8.78 Å². The molecule has 188 valence electrons. The summed E-state index contributed by atoms with van der Waals surface area (Å²) in [7, 11) is 0. The predicted molar refractivity (Wildman–Crippen MR) is 127 cm³/mol. The number of amides is 2. The molecule has 0 saturated heterocycles. The number of nitrogens with zero attached hydrogens (tertiary/aromatic N) is 3. The first kappa shape index (κ1) is 23.1. The number of nitrogens with one attached hydrogen (secondary N) is 1. The van der Waals surface area contributed by atoms with Crippen LogP contribution < -0.4 is 15.8 Å². The number of benzene rings is 1. The smallest absolute Gasteiger partial charge is 0.264 e. The van der Waals surface area contributed by atoms with E-state index >= 15 is 0 Å². The number of hydrogen-bond acceptors (Lipinski definition) is 6. The molecule has 0 unspecified atom stereocenters. The lowest BCUT2D eigenvalue weighted by Crippen LogP contribution is -2.58. The highest BCUT2D eigenvalue weighted by Crippen LogP contribution is 2.57. The van der Waals surface area contributed by atoms with Gasteiger partial charge in [-0.2, -0.15) is 5.10 Å². The summed E-state index contributed by atoms with van der Waals surface area (Å²) in [5.41, 5.74) is 6.55. The lowest BCUT2D eigenvalue weighted by Gasteiger charge is -2.57. The molecule has 8 nitrogen and oxygen atoms in total. The molecule has 36 heavy (non-hydrogen) atoms. The van der Waals surface area contributed by atoms with Crippen LogP contribution in [0.15, 0.2) is 24.4 Å². The zero-order valence-electron chi connectivity index (χ0n) is 19.6. The summed E-state index contributed by atoms with van der Waals surface area (Å²) in [6.07, 6.45) is 6.93. The summed E-state index contributed by atoms with van der Waals surface area (Å²) in [6, 6.07) is 3.26. The Morgan fingerprint density at radius 3 is 2.64 bits per heavy atom. The largest absolute Gasteiger partial charge is 0.473 e. The standard InChI is InChI=1S/C25H25F2N5O3S/c1-12-17(11-29-32(12)19-5-4-14(26)6-18(19)27)22(34)30-15-7-25(8-15)9-16(10-25)35-23-20(21(28)33)36-24(31-23)13-2-3-13/h4-6,11,13,15-16H,2-3,7-10H2,1H3,(H2,28,33)(H,30,34)/t15-,16-,25?. The minimum absolute atomic E-state index is 0.0139. The van der Waals surface area contributed by atoms with E-state index in [1.807, 2.05) is 0 Å². The molecule has 3 aliphatic carbocycles. The maximum Gasteiger partial charge on any atom is 0.264 e. The molecule has 3 N–H and O–H groups in total. The van der Waals surface area contributed by atoms with Crippen molar-refractivity contribution in [2.45, 2.75) is 63.5 Å². The molecular formula is C25H25F2N5O3S. The van der Waals surface area contributed by atoms with Gasteiger partial charge in [-0.25, -0.2) is 18.4 Å². The third-order valence-electron chi connectivity index (χ3n) is 7.45. The average Bonchev–Trinajstić information content (AvgIpc) is 3.43. The number of hydrogen-bond donors (Lipinski definition) is 2. The molecule has 11 heteroatoms. The van der Waals surface area contributed by atoms with E-state index in [4.69, 9.17) is 10.5 Å². The van der Waals surface area contributed by atoms with Crippen molar-refractivity contribution in [1.82, 2.24) is 20.1 Å². The van der Waals surface area contributed by atoms with Gasteiger partial charge in [-0.3, -0.25) is 9.59 Å². The van der Waals surface area contributed by atoms with Crippen molar-refractivity contribution in [3.8, 4) is 11.6 Å². The Morgan fingerprint density at radius 1 is 1.22 bits per heavy atom. The molecule has 3 fully saturated rings. The average molecular weight is 514 g/mol. The van der Waals surface area contributed by atoms with E-state index in [-0.39, 0.29) is 29.2 Å². The summed E-state index contributed by atoms with van der Waals surface area (Å²) in [6.45, 7) is 1.67. The zero-order valence-corrected chi connectivity index (χ0v) is 20.4. The van der Waals surface area contributed by atoms with Gasteiger partial charge >= 0.3 is 0 Å². The second-order valence-corrected chi connectivity index (χ2v) is 11.2. The minimum Gasteiger partial charge on any atom is -0.473 e. The van der Waals surface area contributed by atoms with Crippen molar-refractivity contribution in [3.05, 3.63) is 57.2 Å². The zero-order chi connectivity index (χ0) is 25.2. The van der Waals surface area contributed by atoms with Gasteiger partial charge in [0.25, 0.3) is 11.8 Å². The van der Waals surface area contributed by atoms with Crippen LogP contribution in [-0.4, -0.2) is 38.7 Å². The molecule has 3 saturated carbocycles. The number of halogens is 2. The highest BCUT2D eigenvalue weighted by atomic mass is 32.1. The lowest BCUT2D eigenvalue weighted by molar-refractivity contribution is -0.0846. The Bertz CT molecular complexity index is 1370. The van der Waals surface area contributed by atoms with Gasteiger partial charge in [0, 0.05) is 18.0 Å². The van der Waals surface area contributed by atoms with Crippen molar-refractivity contribution in [3.63, 3.8) is 0 Å². The van der Waals surface area contributed by atoms with Crippen LogP contribution in [0.5, 0.6) is 5.88 Å². The number of rotatable bonds is 7. The van der Waals surface area contributed by atoms with Gasteiger partial charge in [-0.1, -0.05) is 0 Å². The summed E-state index contributed by atoms with van der Waals surface area (Å²) in [5.74, 6) is -1.40. The second kappa shape index (κ2) is 8.36. The first-order chi connectivity index (χ1) is 17.2. The first-order valence-electron chi connectivity index (χ1n) is 12.0. The molecule has 1 aromatic carbocycles. The Balaban J connectivity index is 1.03. The number of nitrogens with two attached hydrogens (primary N) is 1. The lowest BCUT2D eigenvalue weighted by atomic mass is 9.53. The molecule has 6 rings (SSSR count). The Hall–Kier alpha value is -3.34. The molecule has 0 atom stereocenters. The molecule has 0 radical (unpaired) electrons. The van der Waals surface area contributed by atoms with Gasteiger partial charge in [-0.05, 0) is 63.0 Å². The number of carbonyl (C=O) groups is 2. The van der Waals surface area contributed by atoms with E-state index in [0.717, 1.165) is 55.7 Å². The highest BCUT2D eigenvalue weighted by Gasteiger charge is 2.54. The van der Waals surface area contributed by atoms with Crippen LogP contribution in [0.2, 0.25) is 0 Å². The maximum absolute atomic E-state index is 14.2. The summed E-state index contributed by atoms with van der Waals surface area (Å²) >= 11 is 1.34. The van der Waals surface area contributed by atoms with Crippen LogP contribution >= 0.6 is 11.3 Å². The topological polar surface area (TPSA) is 112 Å². The number of primary amides is 1. The first-order valence-corrected chi connectivity index (χ1v) is 12.8. The van der Waals surface area contributed by atoms with Crippen LogP contribution in [0.25, 0.3) is 5.69 Å². The molecule has 3 aromatic rings. The van der Waals surface area contributed by atoms with Crippen LogP contribution in [0, 0.1) is 24.0 Å². The Morgan fingerprint density at radius 2 is 1.97 bits per heavy atom. The SMILES string of the molecule is Cc1c(C(=O)N[C@H]2CC3(C2)C[C@H](Oc2nc(C4CC4)sc2C(N)=O)C3)cnn1-c1ccc(F)cc1F. The van der Waals surface area contributed by atoms with E-state index < -0.39 is 17.5 Å². The predicted octanol–water partition coefficient (Wildman–Crippen LogP) is 4.01. The quantitative estimate of drug-likeness (QED) is 0.496. The molecule has 0 bridgehead atoms. The van der Waals surface area contributed by atoms with Crippen molar-refractivity contribution >= 4 is 23.2 Å².